The van der Waals surface area contributed by atoms with Crippen LogP contribution in [-0.4, -0.2) is 37.0 Å². The molecule has 18 heavy (non-hydrogen) atoms. The van der Waals surface area contributed by atoms with E-state index in [4.69, 9.17) is 11.6 Å². The van der Waals surface area contributed by atoms with Crippen molar-refractivity contribution in [3.8, 4) is 0 Å². The number of halogens is 1. The highest BCUT2D eigenvalue weighted by atomic mass is 35.5. The van der Waals surface area contributed by atoms with Gasteiger partial charge in [0.05, 0.1) is 10.7 Å². The number of anilines is 1. The Labute approximate surface area is 113 Å². The fourth-order valence-corrected chi connectivity index (χ4v) is 2.61. The van der Waals surface area contributed by atoms with Crippen LogP contribution in [0.4, 0.5) is 5.69 Å². The molecule has 3 nitrogen and oxygen atoms in total. The van der Waals surface area contributed by atoms with E-state index >= 15 is 0 Å². The lowest BCUT2D eigenvalue weighted by atomic mass is 10.1. The van der Waals surface area contributed by atoms with E-state index in [0.29, 0.717) is 0 Å². The number of amides is 1. The van der Waals surface area contributed by atoms with Crippen LogP contribution in [0.1, 0.15) is 19.4 Å². The van der Waals surface area contributed by atoms with E-state index < -0.39 is 0 Å². The molecule has 0 aromatic heterocycles. The zero-order chi connectivity index (χ0) is 13.1. The van der Waals surface area contributed by atoms with Crippen LogP contribution < -0.4 is 4.90 Å². The molecule has 0 spiro atoms. The van der Waals surface area contributed by atoms with E-state index in [2.05, 4.69) is 24.0 Å². The molecular weight excluding hydrogens is 248 g/mol. The lowest BCUT2D eigenvalue weighted by Gasteiger charge is -2.36. The summed E-state index contributed by atoms with van der Waals surface area (Å²) < 4.78 is 0. The van der Waals surface area contributed by atoms with Crippen molar-refractivity contribution in [1.82, 2.24) is 4.90 Å². The van der Waals surface area contributed by atoms with Crippen LogP contribution in [-0.2, 0) is 11.2 Å². The topological polar surface area (TPSA) is 23.6 Å². The first kappa shape index (κ1) is 13.2. The third-order valence-corrected chi connectivity index (χ3v) is 3.79. The van der Waals surface area contributed by atoms with Crippen molar-refractivity contribution < 1.29 is 4.79 Å². The van der Waals surface area contributed by atoms with Gasteiger partial charge in [-0.15, -0.1) is 0 Å². The van der Waals surface area contributed by atoms with Gasteiger partial charge in [-0.05, 0) is 24.1 Å². The van der Waals surface area contributed by atoms with Gasteiger partial charge in [0, 0.05) is 33.1 Å². The zero-order valence-corrected chi connectivity index (χ0v) is 11.7. The Morgan fingerprint density at radius 2 is 1.94 bits per heavy atom. The molecule has 0 saturated carbocycles. The third-order valence-electron chi connectivity index (χ3n) is 3.49. The SMILES string of the molecule is CCc1ccc(N2CCN(C(C)=O)CC2)c(Cl)c1. The average Bonchev–Trinajstić information content (AvgIpc) is 2.38. The molecule has 1 heterocycles. The van der Waals surface area contributed by atoms with Crippen molar-refractivity contribution in [2.24, 2.45) is 0 Å². The number of hydrogen-bond acceptors (Lipinski definition) is 2. The van der Waals surface area contributed by atoms with Crippen LogP contribution in [0.15, 0.2) is 18.2 Å². The number of hydrogen-bond donors (Lipinski definition) is 0. The van der Waals surface area contributed by atoms with Crippen molar-refractivity contribution in [3.63, 3.8) is 0 Å². The molecule has 1 aliphatic rings. The van der Waals surface area contributed by atoms with Crippen LogP contribution in [0.2, 0.25) is 5.02 Å². The lowest BCUT2D eigenvalue weighted by molar-refractivity contribution is -0.129. The smallest absolute Gasteiger partial charge is 0.219 e. The van der Waals surface area contributed by atoms with Gasteiger partial charge in [-0.1, -0.05) is 24.6 Å². The normalized spacial score (nSPS) is 15.9. The fraction of sp³-hybridized carbons (Fsp3) is 0.500. The molecule has 98 valence electrons. The van der Waals surface area contributed by atoms with E-state index in [-0.39, 0.29) is 5.91 Å². The molecule has 0 aliphatic carbocycles. The third kappa shape index (κ3) is 2.78. The Morgan fingerprint density at radius 3 is 2.44 bits per heavy atom. The predicted molar refractivity (Wildman–Crippen MR) is 75.3 cm³/mol. The van der Waals surface area contributed by atoms with E-state index in [1.54, 1.807) is 6.92 Å². The molecule has 0 radical (unpaired) electrons. The van der Waals surface area contributed by atoms with Gasteiger partial charge in [-0.25, -0.2) is 0 Å². The second-order valence-corrected chi connectivity index (χ2v) is 5.04. The van der Waals surface area contributed by atoms with Gasteiger partial charge in [-0.3, -0.25) is 4.79 Å². The molecule has 1 aromatic rings. The predicted octanol–water partition coefficient (Wildman–Crippen LogP) is 2.57. The monoisotopic (exact) mass is 266 g/mol. The van der Waals surface area contributed by atoms with E-state index in [9.17, 15) is 4.79 Å². The molecule has 0 N–H and O–H groups in total. The minimum absolute atomic E-state index is 0.155. The summed E-state index contributed by atoms with van der Waals surface area (Å²) in [6.07, 6.45) is 0.998. The highest BCUT2D eigenvalue weighted by Gasteiger charge is 2.20. The Kier molecular flexibility index (Phi) is 4.12. The average molecular weight is 267 g/mol. The van der Waals surface area contributed by atoms with Gasteiger partial charge in [0.2, 0.25) is 5.91 Å². The number of aryl methyl sites for hydroxylation is 1. The summed E-state index contributed by atoms with van der Waals surface area (Å²) >= 11 is 6.32. The number of benzene rings is 1. The summed E-state index contributed by atoms with van der Waals surface area (Å²) in [7, 11) is 0. The van der Waals surface area contributed by atoms with Crippen molar-refractivity contribution in [2.45, 2.75) is 20.3 Å². The van der Waals surface area contributed by atoms with Gasteiger partial charge in [-0.2, -0.15) is 0 Å². The summed E-state index contributed by atoms with van der Waals surface area (Å²) in [5.41, 5.74) is 2.34. The molecular formula is C14H19ClN2O. The summed E-state index contributed by atoms with van der Waals surface area (Å²) in [5.74, 6) is 0.155. The molecule has 0 bridgehead atoms. The summed E-state index contributed by atoms with van der Waals surface area (Å²) in [6, 6.07) is 6.25. The molecule has 1 aromatic carbocycles. The minimum atomic E-state index is 0.155. The first-order chi connectivity index (χ1) is 8.61. The molecule has 1 fully saturated rings. The largest absolute Gasteiger partial charge is 0.367 e. The van der Waals surface area contributed by atoms with Crippen molar-refractivity contribution >= 4 is 23.2 Å². The number of rotatable bonds is 2. The van der Waals surface area contributed by atoms with Crippen molar-refractivity contribution in [2.75, 3.05) is 31.1 Å². The van der Waals surface area contributed by atoms with Crippen LogP contribution in [0.3, 0.4) is 0 Å². The van der Waals surface area contributed by atoms with Gasteiger partial charge in [0.15, 0.2) is 0 Å². The van der Waals surface area contributed by atoms with Crippen molar-refractivity contribution in [1.29, 1.82) is 0 Å². The maximum atomic E-state index is 11.3. The van der Waals surface area contributed by atoms with Crippen LogP contribution in [0, 0.1) is 0 Å². The first-order valence-corrected chi connectivity index (χ1v) is 6.78. The Bertz CT molecular complexity index is 439. The van der Waals surface area contributed by atoms with Gasteiger partial charge < -0.3 is 9.80 Å². The Morgan fingerprint density at radius 1 is 1.28 bits per heavy atom. The van der Waals surface area contributed by atoms with E-state index in [0.717, 1.165) is 43.3 Å². The standard InChI is InChI=1S/C14H19ClN2O/c1-3-12-4-5-14(13(15)10-12)17-8-6-16(7-9-17)11(2)18/h4-5,10H,3,6-9H2,1-2H3. The number of piperazine rings is 1. The summed E-state index contributed by atoms with van der Waals surface area (Å²) in [6.45, 7) is 7.01. The molecule has 0 atom stereocenters. The molecule has 1 aliphatic heterocycles. The number of nitrogens with zero attached hydrogens (tertiary/aromatic N) is 2. The maximum Gasteiger partial charge on any atom is 0.219 e. The van der Waals surface area contributed by atoms with Gasteiger partial charge >= 0.3 is 0 Å². The molecule has 1 amide bonds. The molecule has 1 saturated heterocycles. The summed E-state index contributed by atoms with van der Waals surface area (Å²) in [4.78, 5) is 15.4. The first-order valence-electron chi connectivity index (χ1n) is 6.40. The zero-order valence-electron chi connectivity index (χ0n) is 10.9. The molecule has 0 unspecified atom stereocenters. The molecule has 2 rings (SSSR count). The highest BCUT2D eigenvalue weighted by molar-refractivity contribution is 6.33. The quantitative estimate of drug-likeness (QED) is 0.821. The maximum absolute atomic E-state index is 11.3. The van der Waals surface area contributed by atoms with Crippen LogP contribution in [0.5, 0.6) is 0 Å². The van der Waals surface area contributed by atoms with Gasteiger partial charge in [0.1, 0.15) is 0 Å². The highest BCUT2D eigenvalue weighted by Crippen LogP contribution is 2.28. The van der Waals surface area contributed by atoms with E-state index in [1.807, 2.05) is 11.0 Å². The lowest BCUT2D eigenvalue weighted by Crippen LogP contribution is -2.48. The fourth-order valence-electron chi connectivity index (χ4n) is 2.29. The van der Waals surface area contributed by atoms with E-state index in [1.165, 1.54) is 5.56 Å². The van der Waals surface area contributed by atoms with Crippen molar-refractivity contribution in [3.05, 3.63) is 28.8 Å². The second kappa shape index (κ2) is 5.61. The van der Waals surface area contributed by atoms with Crippen LogP contribution >= 0.6 is 11.6 Å². The summed E-state index contributed by atoms with van der Waals surface area (Å²) in [5, 5.41) is 0.811. The van der Waals surface area contributed by atoms with Crippen LogP contribution in [0.25, 0.3) is 0 Å². The van der Waals surface area contributed by atoms with Gasteiger partial charge in [0.25, 0.3) is 0 Å². The Hall–Kier alpha value is -1.22. The number of carbonyl (C=O) groups is 1. The minimum Gasteiger partial charge on any atom is -0.367 e. The Balaban J connectivity index is 2.07. The second-order valence-electron chi connectivity index (χ2n) is 4.63. The number of carbonyl (C=O) groups excluding carboxylic acids is 1. The molecule has 4 heteroatoms.